The number of halogens is 1. The topological polar surface area (TPSA) is 101 Å². The van der Waals surface area contributed by atoms with E-state index in [0.29, 0.717) is 23.9 Å². The molecule has 4 rings (SSSR count). The minimum Gasteiger partial charge on any atom is -0.468 e. The summed E-state index contributed by atoms with van der Waals surface area (Å²) in [5, 5.41) is 10.5. The number of hydroxylamine groups is 2. The highest BCUT2D eigenvalue weighted by Crippen LogP contribution is 2.37. The number of likely N-dealkylation sites (tertiary alicyclic amines) is 1. The van der Waals surface area contributed by atoms with Gasteiger partial charge in [0.15, 0.2) is 0 Å². The van der Waals surface area contributed by atoms with Crippen LogP contribution in [-0.2, 0) is 21.4 Å². The van der Waals surface area contributed by atoms with Gasteiger partial charge in [-0.1, -0.05) is 11.6 Å². The van der Waals surface area contributed by atoms with Crippen LogP contribution in [0.4, 0.5) is 0 Å². The van der Waals surface area contributed by atoms with Crippen molar-refractivity contribution in [2.75, 3.05) is 26.7 Å². The van der Waals surface area contributed by atoms with E-state index in [-0.39, 0.29) is 16.0 Å². The molecule has 3 aliphatic rings. The number of nitrogens with one attached hydrogen (secondary N) is 1. The third kappa shape index (κ3) is 4.76. The molecule has 2 aliphatic heterocycles. The number of nitrogens with two attached hydrogens (primary N) is 1. The van der Waals surface area contributed by atoms with Crippen LogP contribution in [-0.4, -0.2) is 51.1 Å². The number of furan rings is 1. The molecule has 1 saturated heterocycles. The number of allylic oxidation sites excluding steroid dienone is 1. The molecule has 1 aliphatic carbocycles. The fraction of sp³-hybridized carbons (Fsp3) is 0.500. The second-order valence-corrected chi connectivity index (χ2v) is 9.94. The molecule has 3 N–H and O–H groups in total. The zero-order valence-corrected chi connectivity index (χ0v) is 18.5. The molecular formula is C20H27ClN4O4S. The predicted octanol–water partition coefficient (Wildman–Crippen LogP) is 2.24. The number of hydrogen-bond donors (Lipinski definition) is 2. The average molecular weight is 455 g/mol. The van der Waals surface area contributed by atoms with Crippen molar-refractivity contribution in [1.82, 2.24) is 15.3 Å². The van der Waals surface area contributed by atoms with Gasteiger partial charge in [0, 0.05) is 12.1 Å². The highest BCUT2D eigenvalue weighted by Gasteiger charge is 2.38. The lowest BCUT2D eigenvalue weighted by Gasteiger charge is -2.29. The zero-order valence-electron chi connectivity index (χ0n) is 16.9. The first-order chi connectivity index (χ1) is 14.3. The standard InChI is InChI=1S/C20H27ClN4O4S/c1-24-8-5-14(6-9-24)4-7-23-20-16-11-19(30(22,26)27)17(21)12-18(16)25(29-20)13-15-3-2-10-28-15/h2-3,10-12,14,18,23H,4-9,13H2,1H3,(H2,22,26,27). The number of rotatable bonds is 7. The van der Waals surface area contributed by atoms with E-state index >= 15 is 0 Å². The summed E-state index contributed by atoms with van der Waals surface area (Å²) in [6.07, 6.45) is 8.15. The van der Waals surface area contributed by atoms with Crippen molar-refractivity contribution in [2.45, 2.75) is 31.8 Å². The summed E-state index contributed by atoms with van der Waals surface area (Å²) in [5.41, 5.74) is 0.693. The van der Waals surface area contributed by atoms with E-state index < -0.39 is 10.0 Å². The number of primary sulfonamides is 1. The summed E-state index contributed by atoms with van der Waals surface area (Å²) in [7, 11) is -1.79. The molecule has 0 radical (unpaired) electrons. The second-order valence-electron chi connectivity index (χ2n) is 8.01. The van der Waals surface area contributed by atoms with Gasteiger partial charge >= 0.3 is 0 Å². The van der Waals surface area contributed by atoms with Gasteiger partial charge in [0.05, 0.1) is 23.9 Å². The molecule has 1 aromatic rings. The minimum absolute atomic E-state index is 0.0897. The largest absolute Gasteiger partial charge is 0.468 e. The average Bonchev–Trinajstić information content (AvgIpc) is 3.31. The highest BCUT2D eigenvalue weighted by molar-refractivity contribution is 7.93. The summed E-state index contributed by atoms with van der Waals surface area (Å²) in [4.78, 5) is 8.30. The monoisotopic (exact) mass is 454 g/mol. The van der Waals surface area contributed by atoms with Crippen LogP contribution in [0.2, 0.25) is 0 Å². The van der Waals surface area contributed by atoms with Crippen LogP contribution in [0.5, 0.6) is 0 Å². The van der Waals surface area contributed by atoms with E-state index in [1.807, 2.05) is 12.1 Å². The van der Waals surface area contributed by atoms with Crippen LogP contribution in [0.1, 0.15) is 25.0 Å². The SMILES string of the molecule is CN1CCC(CCNC2=C3C=C(S(N)(=O)=O)C(Cl)=CC3N(Cc3ccco3)O2)CC1. The molecule has 10 heteroatoms. The molecule has 0 bridgehead atoms. The van der Waals surface area contributed by atoms with Gasteiger partial charge in [0.1, 0.15) is 10.7 Å². The Morgan fingerprint density at radius 1 is 1.33 bits per heavy atom. The summed E-state index contributed by atoms with van der Waals surface area (Å²) in [6.45, 7) is 3.38. The van der Waals surface area contributed by atoms with Crippen molar-refractivity contribution in [3.63, 3.8) is 0 Å². The van der Waals surface area contributed by atoms with Gasteiger partial charge in [-0.05, 0) is 69.6 Å². The predicted molar refractivity (Wildman–Crippen MR) is 114 cm³/mol. The van der Waals surface area contributed by atoms with Gasteiger partial charge in [0.25, 0.3) is 0 Å². The van der Waals surface area contributed by atoms with Gasteiger partial charge < -0.3 is 19.5 Å². The fourth-order valence-corrected chi connectivity index (χ4v) is 5.18. The Balaban J connectivity index is 1.50. The minimum atomic E-state index is -3.95. The van der Waals surface area contributed by atoms with E-state index in [9.17, 15) is 8.42 Å². The lowest BCUT2D eigenvalue weighted by molar-refractivity contribution is -0.125. The van der Waals surface area contributed by atoms with Crippen LogP contribution in [0.3, 0.4) is 0 Å². The van der Waals surface area contributed by atoms with Crippen LogP contribution in [0.25, 0.3) is 0 Å². The summed E-state index contributed by atoms with van der Waals surface area (Å²) < 4.78 is 29.3. The Hall–Kier alpha value is -1.78. The molecule has 0 saturated carbocycles. The summed E-state index contributed by atoms with van der Waals surface area (Å²) >= 11 is 6.23. The van der Waals surface area contributed by atoms with Crippen LogP contribution in [0.15, 0.2) is 56.4 Å². The van der Waals surface area contributed by atoms with E-state index in [1.165, 1.54) is 18.9 Å². The molecule has 0 aromatic carbocycles. The van der Waals surface area contributed by atoms with Gasteiger partial charge in [-0.15, -0.1) is 5.06 Å². The first-order valence-electron chi connectivity index (χ1n) is 10.1. The third-order valence-corrected chi connectivity index (χ3v) is 7.19. The molecule has 0 amide bonds. The first-order valence-corrected chi connectivity index (χ1v) is 12.0. The normalized spacial score (nSPS) is 23.8. The van der Waals surface area contributed by atoms with Crippen molar-refractivity contribution in [2.24, 2.45) is 11.1 Å². The zero-order chi connectivity index (χ0) is 21.3. The Morgan fingerprint density at radius 3 is 2.77 bits per heavy atom. The van der Waals surface area contributed by atoms with Crippen molar-refractivity contribution >= 4 is 21.6 Å². The van der Waals surface area contributed by atoms with Gasteiger partial charge in [-0.3, -0.25) is 0 Å². The van der Waals surface area contributed by atoms with E-state index in [4.69, 9.17) is 26.0 Å². The van der Waals surface area contributed by atoms with Crippen molar-refractivity contribution in [3.05, 3.63) is 57.7 Å². The van der Waals surface area contributed by atoms with Gasteiger partial charge in [0.2, 0.25) is 15.9 Å². The Kier molecular flexibility index (Phi) is 6.26. The number of nitrogens with zero attached hydrogens (tertiary/aromatic N) is 2. The van der Waals surface area contributed by atoms with E-state index in [1.54, 1.807) is 17.4 Å². The van der Waals surface area contributed by atoms with E-state index in [2.05, 4.69) is 17.3 Å². The molecule has 0 spiro atoms. The molecule has 1 unspecified atom stereocenters. The van der Waals surface area contributed by atoms with Crippen LogP contribution in [0, 0.1) is 5.92 Å². The first kappa shape index (κ1) is 21.5. The molecule has 3 heterocycles. The van der Waals surface area contributed by atoms with E-state index in [0.717, 1.165) is 31.8 Å². The van der Waals surface area contributed by atoms with Crippen molar-refractivity contribution in [3.8, 4) is 0 Å². The van der Waals surface area contributed by atoms with Crippen molar-refractivity contribution in [1.29, 1.82) is 0 Å². The van der Waals surface area contributed by atoms with Crippen LogP contribution >= 0.6 is 11.6 Å². The van der Waals surface area contributed by atoms with Crippen molar-refractivity contribution < 1.29 is 17.7 Å². The molecule has 164 valence electrons. The number of sulfonamides is 1. The van der Waals surface area contributed by atoms with Gasteiger partial charge in [-0.2, -0.15) is 0 Å². The highest BCUT2D eigenvalue weighted by atomic mass is 35.5. The number of piperidine rings is 1. The summed E-state index contributed by atoms with van der Waals surface area (Å²) in [6, 6.07) is 3.33. The Bertz CT molecular complexity index is 963. The lowest BCUT2D eigenvalue weighted by Crippen LogP contribution is -2.32. The maximum absolute atomic E-state index is 11.9. The molecule has 1 aromatic heterocycles. The number of fused-ring (bicyclic) bond motifs is 1. The molecule has 30 heavy (non-hydrogen) atoms. The second kappa shape index (κ2) is 8.76. The maximum Gasteiger partial charge on any atom is 0.239 e. The van der Waals surface area contributed by atoms with Crippen LogP contribution < -0.4 is 10.5 Å². The molecule has 1 atom stereocenters. The number of hydrogen-bond acceptors (Lipinski definition) is 7. The quantitative estimate of drug-likeness (QED) is 0.651. The Morgan fingerprint density at radius 2 is 2.10 bits per heavy atom. The third-order valence-electron chi connectivity index (χ3n) is 5.80. The van der Waals surface area contributed by atoms with Gasteiger partial charge in [-0.25, -0.2) is 13.6 Å². The fourth-order valence-electron chi connectivity index (χ4n) is 4.05. The molecule has 1 fully saturated rings. The smallest absolute Gasteiger partial charge is 0.239 e. The maximum atomic E-state index is 11.9. The molecule has 8 nitrogen and oxygen atoms in total. The lowest BCUT2D eigenvalue weighted by atomic mass is 9.94. The summed E-state index contributed by atoms with van der Waals surface area (Å²) in [5.74, 6) is 1.93. The Labute approximate surface area is 182 Å². The molecular weight excluding hydrogens is 428 g/mol.